The van der Waals surface area contributed by atoms with Gasteiger partial charge in [-0.2, -0.15) is 0 Å². The molecule has 0 radical (unpaired) electrons. The second-order valence-electron chi connectivity index (χ2n) is 7.46. The van der Waals surface area contributed by atoms with Gasteiger partial charge in [0, 0.05) is 25.2 Å². The maximum atomic E-state index is 12.5. The summed E-state index contributed by atoms with van der Waals surface area (Å²) in [5.74, 6) is 0.462. The molecule has 0 aromatic heterocycles. The third-order valence-electron chi connectivity index (χ3n) is 5.21. The fourth-order valence-electron chi connectivity index (χ4n) is 3.50. The Bertz CT molecular complexity index is 866. The van der Waals surface area contributed by atoms with Crippen LogP contribution in [0.3, 0.4) is 0 Å². The molecule has 1 heterocycles. The highest BCUT2D eigenvalue weighted by Crippen LogP contribution is 2.29. The Labute approximate surface area is 183 Å². The van der Waals surface area contributed by atoms with Crippen LogP contribution in [0.1, 0.15) is 48.2 Å². The zero-order chi connectivity index (χ0) is 22.1. The number of likely N-dealkylation sites (tertiary alicyclic amines) is 1. The van der Waals surface area contributed by atoms with Gasteiger partial charge in [-0.25, -0.2) is 0 Å². The normalized spacial score (nSPS) is 14.6. The molecule has 166 valence electrons. The third kappa shape index (κ3) is 6.46. The lowest BCUT2D eigenvalue weighted by molar-refractivity contribution is -0.134. The van der Waals surface area contributed by atoms with Gasteiger partial charge in [-0.15, -0.1) is 0 Å². The molecule has 1 fully saturated rings. The van der Waals surface area contributed by atoms with Crippen LogP contribution < -0.4 is 14.8 Å². The first-order valence-electron chi connectivity index (χ1n) is 10.8. The lowest BCUT2D eigenvalue weighted by Gasteiger charge is -2.26. The van der Waals surface area contributed by atoms with E-state index in [0.29, 0.717) is 23.7 Å². The molecule has 1 aliphatic heterocycles. The van der Waals surface area contributed by atoms with Gasteiger partial charge in [0.15, 0.2) is 18.1 Å². The summed E-state index contributed by atoms with van der Waals surface area (Å²) in [4.78, 5) is 26.7. The molecule has 1 aliphatic rings. The van der Waals surface area contributed by atoms with Gasteiger partial charge in [0.2, 0.25) is 0 Å². The van der Waals surface area contributed by atoms with E-state index in [9.17, 15) is 14.7 Å². The molecular formula is C24H30N2O5. The third-order valence-corrected chi connectivity index (χ3v) is 5.21. The number of hydrogen-bond acceptors (Lipinski definition) is 5. The average Bonchev–Trinajstić information content (AvgIpc) is 2.82. The van der Waals surface area contributed by atoms with Crippen LogP contribution in [0.2, 0.25) is 0 Å². The van der Waals surface area contributed by atoms with Crippen molar-refractivity contribution in [3.05, 3.63) is 59.7 Å². The second kappa shape index (κ2) is 11.4. The average molecular weight is 427 g/mol. The Hall–Kier alpha value is -3.06. The van der Waals surface area contributed by atoms with Crippen molar-refractivity contribution in [3.8, 4) is 11.5 Å². The van der Waals surface area contributed by atoms with Crippen LogP contribution in [0.25, 0.3) is 0 Å². The molecular weight excluding hydrogens is 396 g/mol. The van der Waals surface area contributed by atoms with Gasteiger partial charge >= 0.3 is 0 Å². The first-order chi connectivity index (χ1) is 15.1. The molecule has 7 heteroatoms. The summed E-state index contributed by atoms with van der Waals surface area (Å²) in [6, 6.07) is 14.0. The molecule has 2 N–H and O–H groups in total. The van der Waals surface area contributed by atoms with Gasteiger partial charge in [0.25, 0.3) is 11.8 Å². The summed E-state index contributed by atoms with van der Waals surface area (Å²) in [6.45, 7) is 3.81. The number of aliphatic hydroxyl groups is 1. The minimum absolute atomic E-state index is 0.0427. The van der Waals surface area contributed by atoms with Crippen molar-refractivity contribution in [3.63, 3.8) is 0 Å². The number of carbonyl (C=O) groups excluding carboxylic acids is 2. The fourth-order valence-corrected chi connectivity index (χ4v) is 3.50. The van der Waals surface area contributed by atoms with Gasteiger partial charge in [0.1, 0.15) is 0 Å². The Balaban J connectivity index is 1.59. The molecule has 1 saturated heterocycles. The molecule has 2 amide bonds. The van der Waals surface area contributed by atoms with E-state index in [1.54, 1.807) is 30.3 Å². The highest BCUT2D eigenvalue weighted by Gasteiger charge is 2.19. The zero-order valence-electron chi connectivity index (χ0n) is 17.9. The molecule has 1 atom stereocenters. The lowest BCUT2D eigenvalue weighted by Crippen LogP contribution is -2.38. The molecule has 3 rings (SSSR count). The molecule has 0 aliphatic carbocycles. The minimum Gasteiger partial charge on any atom is -0.490 e. The van der Waals surface area contributed by atoms with E-state index in [0.717, 1.165) is 37.9 Å². The number of benzene rings is 2. The molecule has 1 unspecified atom stereocenters. The molecule has 0 saturated carbocycles. The summed E-state index contributed by atoms with van der Waals surface area (Å²) >= 11 is 0. The molecule has 0 bridgehead atoms. The predicted octanol–water partition coefficient (Wildman–Crippen LogP) is 2.94. The van der Waals surface area contributed by atoms with E-state index < -0.39 is 6.10 Å². The summed E-state index contributed by atoms with van der Waals surface area (Å²) in [5.41, 5.74) is 1.12. The van der Waals surface area contributed by atoms with Crippen LogP contribution in [0, 0.1) is 0 Å². The molecule has 7 nitrogen and oxygen atoms in total. The largest absolute Gasteiger partial charge is 0.490 e. The van der Waals surface area contributed by atoms with Crippen molar-refractivity contribution in [2.45, 2.75) is 32.3 Å². The van der Waals surface area contributed by atoms with Crippen molar-refractivity contribution in [1.29, 1.82) is 0 Å². The summed E-state index contributed by atoms with van der Waals surface area (Å²) in [5, 5.41) is 13.0. The maximum Gasteiger partial charge on any atom is 0.260 e. The van der Waals surface area contributed by atoms with Crippen molar-refractivity contribution >= 4 is 11.8 Å². The van der Waals surface area contributed by atoms with Gasteiger partial charge in [-0.1, -0.05) is 30.3 Å². The summed E-state index contributed by atoms with van der Waals surface area (Å²) in [6.07, 6.45) is 2.42. The van der Waals surface area contributed by atoms with Crippen LogP contribution in [0.15, 0.2) is 48.5 Å². The van der Waals surface area contributed by atoms with Crippen molar-refractivity contribution < 1.29 is 24.2 Å². The highest BCUT2D eigenvalue weighted by atomic mass is 16.5. The van der Waals surface area contributed by atoms with Gasteiger partial charge in [-0.3, -0.25) is 9.59 Å². The Morgan fingerprint density at radius 1 is 1.03 bits per heavy atom. The van der Waals surface area contributed by atoms with Crippen LogP contribution in [0.4, 0.5) is 0 Å². The molecule has 31 heavy (non-hydrogen) atoms. The first kappa shape index (κ1) is 22.6. The minimum atomic E-state index is -0.792. The van der Waals surface area contributed by atoms with Gasteiger partial charge in [0.05, 0.1) is 12.7 Å². The second-order valence-corrected chi connectivity index (χ2v) is 7.46. The molecule has 0 spiro atoms. The monoisotopic (exact) mass is 426 g/mol. The van der Waals surface area contributed by atoms with E-state index in [1.165, 1.54) is 0 Å². The lowest BCUT2D eigenvalue weighted by atomic mass is 10.1. The highest BCUT2D eigenvalue weighted by molar-refractivity contribution is 5.95. The number of nitrogens with one attached hydrogen (secondary N) is 1. The van der Waals surface area contributed by atoms with Gasteiger partial charge in [-0.05, 0) is 49.9 Å². The van der Waals surface area contributed by atoms with E-state index in [1.807, 2.05) is 30.0 Å². The number of piperidine rings is 1. The van der Waals surface area contributed by atoms with Crippen molar-refractivity contribution in [1.82, 2.24) is 10.2 Å². The predicted molar refractivity (Wildman–Crippen MR) is 117 cm³/mol. The Morgan fingerprint density at radius 2 is 1.77 bits per heavy atom. The maximum absolute atomic E-state index is 12.5. The number of carbonyl (C=O) groups is 2. The number of rotatable bonds is 9. The molecule has 2 aromatic carbocycles. The number of ether oxygens (including phenoxy) is 2. The zero-order valence-corrected chi connectivity index (χ0v) is 17.9. The van der Waals surface area contributed by atoms with Crippen LogP contribution in [-0.4, -0.2) is 54.7 Å². The fraction of sp³-hybridized carbons (Fsp3) is 0.417. The number of amides is 2. The number of nitrogens with zero attached hydrogens (tertiary/aromatic N) is 1. The standard InChI is InChI=1S/C24H30N2O5/c1-2-30-22-15-19(24(29)25-16-20(27)18-9-5-3-6-10-18)11-12-21(22)31-17-23(28)26-13-7-4-8-14-26/h3,5-6,9-12,15,20,27H,2,4,7-8,13-14,16-17H2,1H3,(H,25,29). The van der Waals surface area contributed by atoms with Crippen molar-refractivity contribution in [2.24, 2.45) is 0 Å². The number of hydrogen-bond donors (Lipinski definition) is 2. The van der Waals surface area contributed by atoms with Crippen LogP contribution >= 0.6 is 0 Å². The van der Waals surface area contributed by atoms with E-state index in [2.05, 4.69) is 5.32 Å². The van der Waals surface area contributed by atoms with E-state index >= 15 is 0 Å². The van der Waals surface area contributed by atoms with Gasteiger partial charge < -0.3 is 24.8 Å². The van der Waals surface area contributed by atoms with Crippen LogP contribution in [-0.2, 0) is 4.79 Å². The summed E-state index contributed by atoms with van der Waals surface area (Å²) in [7, 11) is 0. The summed E-state index contributed by atoms with van der Waals surface area (Å²) < 4.78 is 11.3. The molecule has 2 aromatic rings. The Kier molecular flexibility index (Phi) is 8.29. The van der Waals surface area contributed by atoms with E-state index in [4.69, 9.17) is 9.47 Å². The quantitative estimate of drug-likeness (QED) is 0.644. The van der Waals surface area contributed by atoms with Crippen LogP contribution in [0.5, 0.6) is 11.5 Å². The smallest absolute Gasteiger partial charge is 0.260 e. The first-order valence-corrected chi connectivity index (χ1v) is 10.8. The topological polar surface area (TPSA) is 88.1 Å². The van der Waals surface area contributed by atoms with E-state index in [-0.39, 0.29) is 25.0 Å². The van der Waals surface area contributed by atoms with Crippen molar-refractivity contribution in [2.75, 3.05) is 32.8 Å². The number of aliphatic hydroxyl groups excluding tert-OH is 1. The Morgan fingerprint density at radius 3 is 2.48 bits per heavy atom. The SMILES string of the molecule is CCOc1cc(C(=O)NCC(O)c2ccccc2)ccc1OCC(=O)N1CCCCC1.